The van der Waals surface area contributed by atoms with Crippen LogP contribution >= 0.6 is 11.6 Å². The molecule has 0 saturated carbocycles. The zero-order valence-electron chi connectivity index (χ0n) is 11.8. The Bertz CT molecular complexity index is 318. The molecule has 0 N–H and O–H groups in total. The highest BCUT2D eigenvalue weighted by Crippen LogP contribution is 2.09. The first-order chi connectivity index (χ1) is 8.24. The van der Waals surface area contributed by atoms with Crippen molar-refractivity contribution in [1.29, 1.82) is 0 Å². The summed E-state index contributed by atoms with van der Waals surface area (Å²) in [5.74, 6) is 6.12. The van der Waals surface area contributed by atoms with Gasteiger partial charge in [0.1, 0.15) is 0 Å². The lowest BCUT2D eigenvalue weighted by Crippen LogP contribution is -1.72. The lowest BCUT2D eigenvalue weighted by atomic mass is 10.2. The average Bonchev–Trinajstić information content (AvgIpc) is 2.33. The molecule has 1 aromatic carbocycles. The highest BCUT2D eigenvalue weighted by Gasteiger charge is 1.87. The Hall–Kier alpha value is -0.930. The molecule has 0 unspecified atom stereocenters. The molecular weight excluding hydrogens is 228 g/mol. The van der Waals surface area contributed by atoms with Crippen molar-refractivity contribution in [2.75, 3.05) is 0 Å². The molecule has 0 aliphatic heterocycles. The number of rotatable bonds is 1. The van der Waals surface area contributed by atoms with Crippen LogP contribution in [-0.2, 0) is 0 Å². The van der Waals surface area contributed by atoms with Gasteiger partial charge in [-0.15, -0.1) is 0 Å². The molecular formula is C16H25Cl. The first-order valence-corrected chi connectivity index (χ1v) is 6.86. The van der Waals surface area contributed by atoms with E-state index in [1.807, 2.05) is 38.1 Å². The SMILES string of the molecule is CC.CCC.CCCC#Cc1cccc(Cl)c1. The number of halogens is 1. The largest absolute Gasteiger partial charge is 0.0979 e. The normalized spacial score (nSPS) is 7.65. The van der Waals surface area contributed by atoms with E-state index >= 15 is 0 Å². The van der Waals surface area contributed by atoms with E-state index in [2.05, 4.69) is 32.6 Å². The molecule has 0 aliphatic rings. The molecule has 0 bridgehead atoms. The van der Waals surface area contributed by atoms with Crippen LogP contribution in [0.4, 0.5) is 0 Å². The van der Waals surface area contributed by atoms with Crippen LogP contribution in [0.15, 0.2) is 24.3 Å². The van der Waals surface area contributed by atoms with Gasteiger partial charge in [0.25, 0.3) is 0 Å². The first kappa shape index (κ1) is 18.4. The number of hydrogen-bond donors (Lipinski definition) is 0. The highest BCUT2D eigenvalue weighted by molar-refractivity contribution is 6.30. The van der Waals surface area contributed by atoms with Gasteiger partial charge in [0.05, 0.1) is 0 Å². The van der Waals surface area contributed by atoms with E-state index in [0.29, 0.717) is 0 Å². The summed E-state index contributed by atoms with van der Waals surface area (Å²) >= 11 is 5.79. The molecule has 17 heavy (non-hydrogen) atoms. The van der Waals surface area contributed by atoms with Crippen molar-refractivity contribution in [3.05, 3.63) is 34.9 Å². The predicted octanol–water partition coefficient (Wildman–Crippen LogP) is 5.93. The van der Waals surface area contributed by atoms with Gasteiger partial charge in [0.2, 0.25) is 0 Å². The van der Waals surface area contributed by atoms with Crippen molar-refractivity contribution in [2.24, 2.45) is 0 Å². The third kappa shape index (κ3) is 13.0. The summed E-state index contributed by atoms with van der Waals surface area (Å²) in [6.07, 6.45) is 3.31. The predicted molar refractivity (Wildman–Crippen MR) is 80.6 cm³/mol. The maximum atomic E-state index is 5.79. The Morgan fingerprint density at radius 3 is 2.18 bits per heavy atom. The minimum atomic E-state index is 0.748. The fourth-order valence-electron chi connectivity index (χ4n) is 0.856. The molecule has 0 amide bonds. The summed E-state index contributed by atoms with van der Waals surface area (Å²) in [5.41, 5.74) is 0.996. The van der Waals surface area contributed by atoms with Crippen LogP contribution in [-0.4, -0.2) is 0 Å². The third-order valence-corrected chi connectivity index (χ3v) is 1.67. The van der Waals surface area contributed by atoms with Crippen molar-refractivity contribution < 1.29 is 0 Å². The minimum absolute atomic E-state index is 0.748. The van der Waals surface area contributed by atoms with Crippen LogP contribution < -0.4 is 0 Å². The van der Waals surface area contributed by atoms with Gasteiger partial charge in [-0.3, -0.25) is 0 Å². The standard InChI is InChI=1S/C11H11Cl.C3H8.C2H6/c1-2-3-4-6-10-7-5-8-11(12)9-10;1-3-2;1-2/h5,7-9H,2-3H2,1H3;3H2,1-2H3;1-2H3. The summed E-state index contributed by atoms with van der Waals surface area (Å²) < 4.78 is 0. The van der Waals surface area contributed by atoms with Gasteiger partial charge < -0.3 is 0 Å². The van der Waals surface area contributed by atoms with Gasteiger partial charge in [-0.25, -0.2) is 0 Å². The van der Waals surface area contributed by atoms with Crippen LogP contribution in [0, 0.1) is 11.8 Å². The second kappa shape index (κ2) is 15.1. The van der Waals surface area contributed by atoms with Gasteiger partial charge in [0, 0.05) is 17.0 Å². The van der Waals surface area contributed by atoms with E-state index in [9.17, 15) is 0 Å². The van der Waals surface area contributed by atoms with Gasteiger partial charge >= 0.3 is 0 Å². The summed E-state index contributed by atoms with van der Waals surface area (Å²) in [6.45, 7) is 10.4. The summed E-state index contributed by atoms with van der Waals surface area (Å²) in [7, 11) is 0. The van der Waals surface area contributed by atoms with E-state index in [0.717, 1.165) is 23.4 Å². The average molecular weight is 253 g/mol. The number of benzene rings is 1. The maximum absolute atomic E-state index is 5.79. The second-order valence-corrected chi connectivity index (χ2v) is 3.71. The van der Waals surface area contributed by atoms with Gasteiger partial charge in [-0.2, -0.15) is 0 Å². The molecule has 1 heteroatoms. The van der Waals surface area contributed by atoms with Gasteiger partial charge in [-0.1, -0.05) is 70.5 Å². The lowest BCUT2D eigenvalue weighted by molar-refractivity contribution is 0.983. The van der Waals surface area contributed by atoms with Crippen LogP contribution in [0.3, 0.4) is 0 Å². The van der Waals surface area contributed by atoms with Crippen molar-refractivity contribution in [3.8, 4) is 11.8 Å². The Kier molecular flexibility index (Phi) is 16.3. The molecule has 1 rings (SSSR count). The molecule has 0 atom stereocenters. The fraction of sp³-hybridized carbons (Fsp3) is 0.500. The van der Waals surface area contributed by atoms with E-state index in [1.54, 1.807) is 0 Å². The highest BCUT2D eigenvalue weighted by atomic mass is 35.5. The zero-order valence-corrected chi connectivity index (χ0v) is 12.6. The lowest BCUT2D eigenvalue weighted by Gasteiger charge is -1.89. The third-order valence-electron chi connectivity index (χ3n) is 1.43. The maximum Gasteiger partial charge on any atom is 0.0418 e. The first-order valence-electron chi connectivity index (χ1n) is 6.49. The van der Waals surface area contributed by atoms with E-state index in [1.165, 1.54) is 6.42 Å². The Morgan fingerprint density at radius 1 is 1.12 bits per heavy atom. The van der Waals surface area contributed by atoms with E-state index in [4.69, 9.17) is 11.6 Å². The molecule has 96 valence electrons. The molecule has 0 spiro atoms. The number of hydrogen-bond acceptors (Lipinski definition) is 0. The van der Waals surface area contributed by atoms with Crippen molar-refractivity contribution >= 4 is 11.6 Å². The van der Waals surface area contributed by atoms with Crippen molar-refractivity contribution in [2.45, 2.75) is 53.9 Å². The molecule has 0 nitrogen and oxygen atoms in total. The Balaban J connectivity index is 0. The minimum Gasteiger partial charge on any atom is -0.0979 e. The second-order valence-electron chi connectivity index (χ2n) is 3.27. The van der Waals surface area contributed by atoms with Crippen molar-refractivity contribution in [1.82, 2.24) is 0 Å². The summed E-state index contributed by atoms with van der Waals surface area (Å²) in [4.78, 5) is 0. The summed E-state index contributed by atoms with van der Waals surface area (Å²) in [6, 6.07) is 7.61. The van der Waals surface area contributed by atoms with Crippen LogP contribution in [0.1, 0.15) is 59.4 Å². The number of unbranched alkanes of at least 4 members (excludes halogenated alkanes) is 1. The van der Waals surface area contributed by atoms with Crippen LogP contribution in [0.25, 0.3) is 0 Å². The molecule has 0 aromatic heterocycles. The van der Waals surface area contributed by atoms with Gasteiger partial charge in [-0.05, 0) is 24.6 Å². The molecule has 0 saturated heterocycles. The fourth-order valence-corrected chi connectivity index (χ4v) is 1.05. The summed E-state index contributed by atoms with van der Waals surface area (Å²) in [5, 5.41) is 0.748. The van der Waals surface area contributed by atoms with E-state index < -0.39 is 0 Å². The molecule has 0 fully saturated rings. The van der Waals surface area contributed by atoms with Crippen LogP contribution in [0.5, 0.6) is 0 Å². The zero-order chi connectivity index (χ0) is 13.5. The van der Waals surface area contributed by atoms with Gasteiger partial charge in [0.15, 0.2) is 0 Å². The van der Waals surface area contributed by atoms with Crippen molar-refractivity contribution in [3.63, 3.8) is 0 Å². The Labute approximate surface area is 112 Å². The van der Waals surface area contributed by atoms with Crippen LogP contribution in [0.2, 0.25) is 5.02 Å². The van der Waals surface area contributed by atoms with E-state index in [-0.39, 0.29) is 0 Å². The topological polar surface area (TPSA) is 0 Å². The molecule has 0 aliphatic carbocycles. The molecule has 0 radical (unpaired) electrons. The molecule has 0 heterocycles. The monoisotopic (exact) mass is 252 g/mol. The Morgan fingerprint density at radius 2 is 1.71 bits per heavy atom. The smallest absolute Gasteiger partial charge is 0.0418 e. The quantitative estimate of drug-likeness (QED) is 0.543. The molecule has 1 aromatic rings.